The number of benzene rings is 3. The minimum Gasteiger partial charge on any atom is -0.507 e. The quantitative estimate of drug-likeness (QED) is 0.328. The Morgan fingerprint density at radius 2 is 1.15 bits per heavy atom. The first-order valence-corrected chi connectivity index (χ1v) is 14.2. The Morgan fingerprint density at radius 1 is 0.725 bits per heavy atom. The summed E-state index contributed by atoms with van der Waals surface area (Å²) in [7, 11) is 0. The predicted molar refractivity (Wildman–Crippen MR) is 168 cm³/mol. The summed E-state index contributed by atoms with van der Waals surface area (Å²) in [6.45, 7) is 19.1. The fraction of sp³-hybridized carbons (Fsp3) is 0.429. The minimum absolute atomic E-state index is 0.0769. The highest BCUT2D eigenvalue weighted by molar-refractivity contribution is 5.86. The molecule has 0 radical (unpaired) electrons. The van der Waals surface area contributed by atoms with Crippen LogP contribution < -0.4 is 0 Å². The highest BCUT2D eigenvalue weighted by atomic mass is 16.3. The minimum atomic E-state index is -0.174. The van der Waals surface area contributed by atoms with Crippen LogP contribution in [0.4, 0.5) is 0 Å². The van der Waals surface area contributed by atoms with Gasteiger partial charge >= 0.3 is 0 Å². The van der Waals surface area contributed by atoms with E-state index in [4.69, 9.17) is 9.98 Å². The average Bonchev–Trinajstić information content (AvgIpc) is 3.25. The van der Waals surface area contributed by atoms with E-state index in [1.165, 1.54) is 5.56 Å². The molecule has 1 heterocycles. The van der Waals surface area contributed by atoms with Crippen molar-refractivity contribution < 1.29 is 10.2 Å². The number of aliphatic imine (C=N–C) groups is 2. The van der Waals surface area contributed by atoms with Crippen LogP contribution in [0.3, 0.4) is 0 Å². The van der Waals surface area contributed by atoms with E-state index in [0.717, 1.165) is 53.0 Å². The Bertz CT molecular complexity index is 1310. The normalized spacial score (nSPS) is 18.8. The van der Waals surface area contributed by atoms with Gasteiger partial charge in [-0.25, -0.2) is 0 Å². The van der Waals surface area contributed by atoms with Gasteiger partial charge in [-0.1, -0.05) is 84.0 Å². The van der Waals surface area contributed by atoms with Crippen LogP contribution in [-0.2, 0) is 17.4 Å². The topological polar surface area (TPSA) is 68.4 Å². The van der Waals surface area contributed by atoms with Gasteiger partial charge in [0.15, 0.2) is 0 Å². The largest absolute Gasteiger partial charge is 0.507 e. The molecule has 1 saturated heterocycles. The van der Waals surface area contributed by atoms with Gasteiger partial charge in [-0.2, -0.15) is 0 Å². The van der Waals surface area contributed by atoms with Crippen molar-refractivity contribution in [3.05, 3.63) is 93.5 Å². The second kappa shape index (κ2) is 11.6. The molecule has 2 atom stereocenters. The summed E-state index contributed by atoms with van der Waals surface area (Å²) < 4.78 is 0. The molecule has 0 saturated carbocycles. The molecule has 4 rings (SSSR count). The fourth-order valence-corrected chi connectivity index (χ4v) is 5.42. The van der Waals surface area contributed by atoms with E-state index in [1.54, 1.807) is 0 Å². The molecule has 0 aromatic heterocycles. The summed E-state index contributed by atoms with van der Waals surface area (Å²) in [6.07, 6.45) is 3.64. The lowest BCUT2D eigenvalue weighted by Crippen LogP contribution is -2.21. The van der Waals surface area contributed by atoms with Crippen molar-refractivity contribution in [3.8, 4) is 11.5 Å². The molecule has 2 N–H and O–H groups in total. The number of nitrogens with zero attached hydrogens (tertiary/aromatic N) is 3. The number of phenolic OH excluding ortho intramolecular Hbond substituents is 2. The van der Waals surface area contributed by atoms with E-state index in [2.05, 4.69) is 96.7 Å². The van der Waals surface area contributed by atoms with Gasteiger partial charge in [0.05, 0.1) is 12.1 Å². The van der Waals surface area contributed by atoms with Crippen LogP contribution in [0.5, 0.6) is 11.5 Å². The lowest BCUT2D eigenvalue weighted by molar-refractivity contribution is 0.324. The van der Waals surface area contributed by atoms with Crippen LogP contribution in [0.15, 0.2) is 64.6 Å². The molecule has 5 nitrogen and oxygen atoms in total. The maximum absolute atomic E-state index is 11.1. The van der Waals surface area contributed by atoms with Crippen LogP contribution in [-0.4, -0.2) is 52.7 Å². The van der Waals surface area contributed by atoms with Crippen molar-refractivity contribution in [2.75, 3.05) is 13.1 Å². The van der Waals surface area contributed by atoms with Gasteiger partial charge in [0.2, 0.25) is 0 Å². The van der Waals surface area contributed by atoms with E-state index in [9.17, 15) is 10.2 Å². The summed E-state index contributed by atoms with van der Waals surface area (Å²) in [4.78, 5) is 12.4. The molecule has 1 aliphatic heterocycles. The van der Waals surface area contributed by atoms with Gasteiger partial charge < -0.3 is 10.2 Å². The lowest BCUT2D eigenvalue weighted by atomic mass is 9.84. The Morgan fingerprint density at radius 3 is 1.55 bits per heavy atom. The molecule has 0 aliphatic carbocycles. The van der Waals surface area contributed by atoms with Crippen molar-refractivity contribution in [3.63, 3.8) is 0 Å². The first kappa shape index (κ1) is 29.5. The van der Waals surface area contributed by atoms with E-state index in [1.807, 2.05) is 30.6 Å². The summed E-state index contributed by atoms with van der Waals surface area (Å²) >= 11 is 0. The molecule has 5 heteroatoms. The number of phenols is 2. The maximum atomic E-state index is 11.1. The zero-order valence-electron chi connectivity index (χ0n) is 25.4. The third-order valence-corrected chi connectivity index (χ3v) is 7.58. The smallest absolute Gasteiger partial charge is 0.128 e. The van der Waals surface area contributed by atoms with Crippen LogP contribution >= 0.6 is 0 Å². The summed E-state index contributed by atoms with van der Waals surface area (Å²) in [5.74, 6) is 0.584. The molecule has 1 aliphatic rings. The van der Waals surface area contributed by atoms with Gasteiger partial charge in [0.25, 0.3) is 0 Å². The summed E-state index contributed by atoms with van der Waals surface area (Å²) in [5, 5.41) is 22.2. The van der Waals surface area contributed by atoms with Gasteiger partial charge in [-0.15, -0.1) is 0 Å². The van der Waals surface area contributed by atoms with E-state index in [0.29, 0.717) is 11.5 Å². The van der Waals surface area contributed by atoms with Crippen molar-refractivity contribution in [2.45, 2.75) is 84.8 Å². The van der Waals surface area contributed by atoms with Gasteiger partial charge in [-0.3, -0.25) is 14.9 Å². The SMILES string of the molecule is Cc1cc(C=N[C@@H]2CN(Cc3ccccc3)C[C@H]2N=Cc2cc(C)cc(C(C)(C)C)c2O)c(O)c(C(C)(C)C)c1. The molecule has 3 aromatic rings. The van der Waals surface area contributed by atoms with Gasteiger partial charge in [0, 0.05) is 54.3 Å². The standard InChI is InChI=1S/C35H45N3O2/c1-23-14-26(32(39)28(16-23)34(3,4)5)18-36-30-21-38(20-25-12-10-9-11-13-25)22-31(30)37-19-27-15-24(2)17-29(33(27)40)35(6,7)8/h9-19,30-31,39-40H,20-22H2,1-8H3/t30-,31-/m1/s1. The highest BCUT2D eigenvalue weighted by Crippen LogP contribution is 2.35. The Hall–Kier alpha value is -3.44. The molecule has 1 fully saturated rings. The first-order valence-electron chi connectivity index (χ1n) is 14.2. The van der Waals surface area contributed by atoms with Crippen LogP contribution in [0.25, 0.3) is 0 Å². The summed E-state index contributed by atoms with van der Waals surface area (Å²) in [5.41, 5.74) is 6.42. The van der Waals surface area contributed by atoms with Crippen molar-refractivity contribution >= 4 is 12.4 Å². The number of hydrogen-bond donors (Lipinski definition) is 2. The molecule has 212 valence electrons. The third kappa shape index (κ3) is 7.00. The van der Waals surface area contributed by atoms with Gasteiger partial charge in [-0.05, 0) is 53.5 Å². The first-order chi connectivity index (χ1) is 18.7. The van der Waals surface area contributed by atoms with Crippen LogP contribution in [0.1, 0.15) is 80.5 Å². The second-order valence-corrected chi connectivity index (χ2v) is 13.4. The molecule has 3 aromatic carbocycles. The van der Waals surface area contributed by atoms with E-state index in [-0.39, 0.29) is 22.9 Å². The fourth-order valence-electron chi connectivity index (χ4n) is 5.42. The lowest BCUT2D eigenvalue weighted by Gasteiger charge is -2.22. The molecule has 0 spiro atoms. The van der Waals surface area contributed by atoms with Crippen molar-refractivity contribution in [1.82, 2.24) is 4.90 Å². The number of aryl methyl sites for hydroxylation is 2. The predicted octanol–water partition coefficient (Wildman–Crippen LogP) is 7.10. The van der Waals surface area contributed by atoms with Gasteiger partial charge in [0.1, 0.15) is 11.5 Å². The number of hydrogen-bond acceptors (Lipinski definition) is 5. The van der Waals surface area contributed by atoms with Crippen molar-refractivity contribution in [2.24, 2.45) is 9.98 Å². The highest BCUT2D eigenvalue weighted by Gasteiger charge is 2.32. The molecule has 0 amide bonds. The number of aromatic hydroxyl groups is 2. The molecule has 40 heavy (non-hydrogen) atoms. The average molecular weight is 540 g/mol. The van der Waals surface area contributed by atoms with E-state index >= 15 is 0 Å². The van der Waals surface area contributed by atoms with Crippen LogP contribution in [0.2, 0.25) is 0 Å². The molecular weight excluding hydrogens is 494 g/mol. The Kier molecular flexibility index (Phi) is 8.55. The maximum Gasteiger partial charge on any atom is 0.128 e. The van der Waals surface area contributed by atoms with Crippen LogP contribution in [0, 0.1) is 13.8 Å². The second-order valence-electron chi connectivity index (χ2n) is 13.4. The number of likely N-dealkylation sites (tertiary alicyclic amines) is 1. The third-order valence-electron chi connectivity index (χ3n) is 7.58. The Labute approximate surface area is 240 Å². The zero-order chi connectivity index (χ0) is 29.2. The summed E-state index contributed by atoms with van der Waals surface area (Å²) in [6, 6.07) is 18.4. The number of rotatable bonds is 6. The molecule has 0 bridgehead atoms. The zero-order valence-corrected chi connectivity index (χ0v) is 25.4. The molecule has 0 unspecified atom stereocenters. The monoisotopic (exact) mass is 539 g/mol. The molecular formula is C35H45N3O2. The van der Waals surface area contributed by atoms with E-state index < -0.39 is 0 Å². The Balaban J connectivity index is 1.66. The van der Waals surface area contributed by atoms with Crippen molar-refractivity contribution in [1.29, 1.82) is 0 Å².